The van der Waals surface area contributed by atoms with Crippen molar-refractivity contribution in [3.8, 4) is 0 Å². The molecule has 1 N–H and O–H groups in total. The van der Waals surface area contributed by atoms with Crippen LogP contribution in [-0.4, -0.2) is 38.3 Å². The molecule has 7 heteroatoms. The van der Waals surface area contributed by atoms with E-state index < -0.39 is 6.10 Å². The highest BCUT2D eigenvalue weighted by Gasteiger charge is 2.21. The van der Waals surface area contributed by atoms with Gasteiger partial charge in [-0.25, -0.2) is 4.79 Å². The molecule has 0 spiro atoms. The van der Waals surface area contributed by atoms with Crippen LogP contribution in [0.2, 0.25) is 0 Å². The van der Waals surface area contributed by atoms with Gasteiger partial charge in [0.2, 0.25) is 0 Å². The Hall–Kier alpha value is -2.22. The molecule has 2 aromatic carbocycles. The second-order valence-electron chi connectivity index (χ2n) is 8.77. The minimum atomic E-state index is -0.809. The monoisotopic (exact) mass is 485 g/mol. The number of hydrogen-bond acceptors (Lipinski definition) is 4. The Kier molecular flexibility index (Phi) is 6.46. The van der Waals surface area contributed by atoms with Gasteiger partial charge in [-0.15, -0.1) is 0 Å². The first-order valence-electron chi connectivity index (χ1n) is 10.7. The van der Waals surface area contributed by atoms with E-state index in [1.54, 1.807) is 16.7 Å². The molecule has 0 fully saturated rings. The largest absolute Gasteiger partial charge is 0.390 e. The summed E-state index contributed by atoms with van der Waals surface area (Å²) < 4.78 is 3.66. The Balaban J connectivity index is 1.61. The zero-order chi connectivity index (χ0) is 22.1. The van der Waals surface area contributed by atoms with Crippen molar-refractivity contribution >= 4 is 26.8 Å². The van der Waals surface area contributed by atoms with Gasteiger partial charge in [0.15, 0.2) is 0 Å². The van der Waals surface area contributed by atoms with Crippen molar-refractivity contribution in [1.29, 1.82) is 0 Å². The highest BCUT2D eigenvalue weighted by atomic mass is 79.9. The van der Waals surface area contributed by atoms with E-state index >= 15 is 0 Å². The molecule has 0 saturated heterocycles. The predicted octanol–water partition coefficient (Wildman–Crippen LogP) is 3.00. The van der Waals surface area contributed by atoms with E-state index in [9.17, 15) is 14.7 Å². The van der Waals surface area contributed by atoms with Gasteiger partial charge in [0, 0.05) is 30.7 Å². The molecule has 1 atom stereocenters. The maximum Gasteiger partial charge on any atom is 0.331 e. The molecule has 1 aliphatic rings. The van der Waals surface area contributed by atoms with Crippen molar-refractivity contribution in [2.45, 2.75) is 46.0 Å². The van der Waals surface area contributed by atoms with Crippen molar-refractivity contribution in [3.05, 3.63) is 78.9 Å². The van der Waals surface area contributed by atoms with Crippen LogP contribution in [0.3, 0.4) is 0 Å². The van der Waals surface area contributed by atoms with Crippen molar-refractivity contribution < 1.29 is 5.11 Å². The summed E-state index contributed by atoms with van der Waals surface area (Å²) in [5, 5.41) is 11.3. The standard InChI is InChI=1S/C24H28BrN3O3/c1-16(2)12-27-22-11-19(25)7-8-21(22)23(30)28(24(27)31)15-20(29)14-26-10-9-17-5-3-4-6-18(17)13-26/h3-8,11,16,20,29H,9-10,12-15H2,1-2H3/t20-/m1/s1. The van der Waals surface area contributed by atoms with E-state index in [-0.39, 0.29) is 23.7 Å². The van der Waals surface area contributed by atoms with Crippen LogP contribution in [0.1, 0.15) is 25.0 Å². The average Bonchev–Trinajstić information content (AvgIpc) is 2.74. The fourth-order valence-electron chi connectivity index (χ4n) is 4.37. The van der Waals surface area contributed by atoms with Gasteiger partial charge >= 0.3 is 5.69 Å². The third-order valence-electron chi connectivity index (χ3n) is 5.81. The Morgan fingerprint density at radius 3 is 2.48 bits per heavy atom. The zero-order valence-electron chi connectivity index (χ0n) is 17.9. The number of aromatic nitrogens is 2. The lowest BCUT2D eigenvalue weighted by Gasteiger charge is -2.30. The van der Waals surface area contributed by atoms with Crippen LogP contribution in [0, 0.1) is 5.92 Å². The fraction of sp³-hybridized carbons (Fsp3) is 0.417. The molecular weight excluding hydrogens is 458 g/mol. The third kappa shape index (κ3) is 4.68. The normalized spacial score (nSPS) is 15.4. The number of aliphatic hydroxyl groups is 1. The number of nitrogens with zero attached hydrogens (tertiary/aromatic N) is 3. The number of aliphatic hydroxyl groups excluding tert-OH is 1. The van der Waals surface area contributed by atoms with Crippen LogP contribution < -0.4 is 11.2 Å². The van der Waals surface area contributed by atoms with E-state index in [1.807, 2.05) is 26.0 Å². The lowest BCUT2D eigenvalue weighted by atomic mass is 10.00. The highest BCUT2D eigenvalue weighted by molar-refractivity contribution is 9.10. The van der Waals surface area contributed by atoms with Crippen LogP contribution in [0.4, 0.5) is 0 Å². The summed E-state index contributed by atoms with van der Waals surface area (Å²) in [7, 11) is 0. The molecule has 0 unspecified atom stereocenters. The van der Waals surface area contributed by atoms with Crippen molar-refractivity contribution in [2.24, 2.45) is 5.92 Å². The predicted molar refractivity (Wildman–Crippen MR) is 126 cm³/mol. The van der Waals surface area contributed by atoms with Crippen molar-refractivity contribution in [3.63, 3.8) is 0 Å². The summed E-state index contributed by atoms with van der Waals surface area (Å²) in [4.78, 5) is 28.5. The SMILES string of the molecule is CC(C)Cn1c(=O)n(C[C@H](O)CN2CCc3ccccc3C2)c(=O)c2ccc(Br)cc21. The molecule has 2 heterocycles. The van der Waals surface area contributed by atoms with Gasteiger partial charge in [-0.3, -0.25) is 18.8 Å². The van der Waals surface area contributed by atoms with Crippen LogP contribution in [-0.2, 0) is 26.1 Å². The van der Waals surface area contributed by atoms with Gasteiger partial charge in [-0.1, -0.05) is 54.0 Å². The van der Waals surface area contributed by atoms with Gasteiger partial charge in [-0.2, -0.15) is 0 Å². The molecule has 6 nitrogen and oxygen atoms in total. The van der Waals surface area contributed by atoms with Gasteiger partial charge in [0.05, 0.1) is 23.6 Å². The summed E-state index contributed by atoms with van der Waals surface area (Å²) in [5.41, 5.74) is 2.52. The summed E-state index contributed by atoms with van der Waals surface area (Å²) >= 11 is 3.44. The lowest BCUT2D eigenvalue weighted by Crippen LogP contribution is -2.45. The minimum absolute atomic E-state index is 0.0140. The van der Waals surface area contributed by atoms with E-state index in [0.717, 1.165) is 24.0 Å². The summed E-state index contributed by atoms with van der Waals surface area (Å²) in [6.07, 6.45) is 0.130. The summed E-state index contributed by atoms with van der Waals surface area (Å²) in [5.74, 6) is 0.240. The molecule has 0 bridgehead atoms. The summed E-state index contributed by atoms with van der Waals surface area (Å²) in [6.45, 7) is 6.61. The number of hydrogen-bond donors (Lipinski definition) is 1. The lowest BCUT2D eigenvalue weighted by molar-refractivity contribution is 0.0896. The molecule has 31 heavy (non-hydrogen) atoms. The molecule has 3 aromatic rings. The number of fused-ring (bicyclic) bond motifs is 2. The van der Waals surface area contributed by atoms with Gasteiger partial charge in [0.25, 0.3) is 5.56 Å². The van der Waals surface area contributed by atoms with E-state index in [2.05, 4.69) is 39.0 Å². The maximum absolute atomic E-state index is 13.2. The third-order valence-corrected chi connectivity index (χ3v) is 6.30. The van der Waals surface area contributed by atoms with Gasteiger partial charge in [0.1, 0.15) is 0 Å². The number of rotatable bonds is 6. The van der Waals surface area contributed by atoms with Crippen LogP contribution in [0.25, 0.3) is 10.9 Å². The van der Waals surface area contributed by atoms with Crippen LogP contribution in [0.5, 0.6) is 0 Å². The van der Waals surface area contributed by atoms with E-state index in [4.69, 9.17) is 0 Å². The number of β-amino-alcohol motifs (C(OH)–C–C–N with tert-alkyl or cyclic N) is 1. The van der Waals surface area contributed by atoms with Crippen LogP contribution >= 0.6 is 15.9 Å². The topological polar surface area (TPSA) is 67.5 Å². The first-order chi connectivity index (χ1) is 14.8. The molecule has 0 saturated carbocycles. The number of benzene rings is 2. The molecule has 4 rings (SSSR count). The van der Waals surface area contributed by atoms with E-state index in [0.29, 0.717) is 24.0 Å². The number of halogens is 1. The average molecular weight is 486 g/mol. The van der Waals surface area contributed by atoms with Crippen molar-refractivity contribution in [1.82, 2.24) is 14.0 Å². The Morgan fingerprint density at radius 1 is 1.00 bits per heavy atom. The molecule has 0 radical (unpaired) electrons. The van der Waals surface area contributed by atoms with Crippen LogP contribution in [0.15, 0.2) is 56.5 Å². The molecular formula is C24H28BrN3O3. The van der Waals surface area contributed by atoms with Gasteiger partial charge < -0.3 is 5.11 Å². The quantitative estimate of drug-likeness (QED) is 0.582. The smallest absolute Gasteiger partial charge is 0.331 e. The Bertz CT molecular complexity index is 1210. The first-order valence-corrected chi connectivity index (χ1v) is 11.5. The molecule has 0 aliphatic carbocycles. The van der Waals surface area contributed by atoms with Gasteiger partial charge in [-0.05, 0) is 41.7 Å². The second-order valence-corrected chi connectivity index (χ2v) is 9.69. The molecule has 164 valence electrons. The fourth-order valence-corrected chi connectivity index (χ4v) is 4.72. The highest BCUT2D eigenvalue weighted by Crippen LogP contribution is 2.19. The molecule has 0 amide bonds. The van der Waals surface area contributed by atoms with E-state index in [1.165, 1.54) is 15.7 Å². The molecule has 1 aromatic heterocycles. The zero-order valence-corrected chi connectivity index (χ0v) is 19.5. The minimum Gasteiger partial charge on any atom is -0.390 e. The maximum atomic E-state index is 13.2. The molecule has 1 aliphatic heterocycles. The Labute approximate surface area is 189 Å². The first kappa shape index (κ1) is 22.0. The second kappa shape index (κ2) is 9.10. The Morgan fingerprint density at radius 2 is 1.74 bits per heavy atom. The summed E-state index contributed by atoms with van der Waals surface area (Å²) in [6, 6.07) is 13.7. The van der Waals surface area contributed by atoms with Crippen molar-refractivity contribution in [2.75, 3.05) is 13.1 Å².